The van der Waals surface area contributed by atoms with Gasteiger partial charge in [0.1, 0.15) is 16.7 Å². The Kier molecular flexibility index (Phi) is 9.37. The van der Waals surface area contributed by atoms with Crippen molar-refractivity contribution < 1.29 is 18.8 Å². The van der Waals surface area contributed by atoms with Gasteiger partial charge in [0.15, 0.2) is 0 Å². The highest BCUT2D eigenvalue weighted by Gasteiger charge is 2.23. The van der Waals surface area contributed by atoms with Gasteiger partial charge in [0.25, 0.3) is 11.8 Å². The Balaban J connectivity index is 1.21. The largest absolute Gasteiger partial charge is 0.465 e. The molecule has 0 saturated carbocycles. The van der Waals surface area contributed by atoms with Crippen LogP contribution in [0, 0.1) is 0 Å². The number of benzene rings is 5. The number of hydrogen-bond acceptors (Lipinski definition) is 5. The normalized spacial score (nSPS) is 11.9. The standard InChI is InChI=1S/C38H29N3O4S/c42-36(28-14-5-2-6-15-28)41-34(25-32-18-10-22-45-32)37(43)39-30-17-9-19-33(24-30)46-35(27-12-3-1-4-13-27)38(44)40-31-21-20-26-11-7-8-16-29(26)23-31/h1-25,35H,(H,39,43)(H,40,44)(H,41,42)/b34-25-. The molecule has 0 aliphatic rings. The number of thioether (sulfide) groups is 1. The van der Waals surface area contributed by atoms with Gasteiger partial charge in [-0.3, -0.25) is 14.4 Å². The molecule has 1 aromatic heterocycles. The molecule has 46 heavy (non-hydrogen) atoms. The molecule has 5 aromatic carbocycles. The smallest absolute Gasteiger partial charge is 0.272 e. The second-order valence-electron chi connectivity index (χ2n) is 10.3. The Morgan fingerprint density at radius 3 is 2.13 bits per heavy atom. The second-order valence-corrected chi connectivity index (χ2v) is 11.5. The maximum Gasteiger partial charge on any atom is 0.272 e. The van der Waals surface area contributed by atoms with Gasteiger partial charge in [-0.15, -0.1) is 11.8 Å². The van der Waals surface area contributed by atoms with Crippen LogP contribution in [0.15, 0.2) is 161 Å². The molecule has 8 heteroatoms. The summed E-state index contributed by atoms with van der Waals surface area (Å²) in [6.45, 7) is 0. The summed E-state index contributed by atoms with van der Waals surface area (Å²) in [5.41, 5.74) is 2.47. The summed E-state index contributed by atoms with van der Waals surface area (Å²) in [6, 6.07) is 42.6. The summed E-state index contributed by atoms with van der Waals surface area (Å²) in [7, 11) is 0. The van der Waals surface area contributed by atoms with Gasteiger partial charge in [-0.05, 0) is 70.9 Å². The van der Waals surface area contributed by atoms with E-state index in [-0.39, 0.29) is 11.6 Å². The van der Waals surface area contributed by atoms with Gasteiger partial charge >= 0.3 is 0 Å². The van der Waals surface area contributed by atoms with Gasteiger partial charge < -0.3 is 20.4 Å². The third-order valence-corrected chi connectivity index (χ3v) is 8.31. The Hall–Kier alpha value is -5.86. The second kappa shape index (κ2) is 14.3. The summed E-state index contributed by atoms with van der Waals surface area (Å²) in [6.07, 6.45) is 2.96. The van der Waals surface area contributed by atoms with E-state index < -0.39 is 17.1 Å². The Morgan fingerprint density at radius 2 is 1.37 bits per heavy atom. The van der Waals surface area contributed by atoms with Crippen molar-refractivity contribution in [1.29, 1.82) is 0 Å². The van der Waals surface area contributed by atoms with Gasteiger partial charge in [0.05, 0.1) is 6.26 Å². The third kappa shape index (κ3) is 7.61. The number of nitrogens with one attached hydrogen (secondary N) is 3. The van der Waals surface area contributed by atoms with Crippen molar-refractivity contribution in [1.82, 2.24) is 5.32 Å². The predicted octanol–water partition coefficient (Wildman–Crippen LogP) is 8.31. The number of anilines is 2. The molecule has 1 heterocycles. The van der Waals surface area contributed by atoms with Crippen LogP contribution in [0.5, 0.6) is 0 Å². The van der Waals surface area contributed by atoms with Crippen LogP contribution < -0.4 is 16.0 Å². The summed E-state index contributed by atoms with van der Waals surface area (Å²) in [4.78, 5) is 40.9. The number of carbonyl (C=O) groups excluding carboxylic acids is 3. The monoisotopic (exact) mass is 623 g/mol. The molecule has 1 unspecified atom stereocenters. The molecule has 0 aliphatic heterocycles. The van der Waals surface area contributed by atoms with Crippen LogP contribution in [0.25, 0.3) is 16.8 Å². The number of carbonyl (C=O) groups is 3. The fourth-order valence-corrected chi connectivity index (χ4v) is 5.90. The minimum Gasteiger partial charge on any atom is -0.465 e. The molecule has 0 spiro atoms. The molecular formula is C38H29N3O4S. The van der Waals surface area contributed by atoms with E-state index in [0.29, 0.717) is 22.7 Å². The number of fused-ring (bicyclic) bond motifs is 1. The number of hydrogen-bond donors (Lipinski definition) is 3. The van der Waals surface area contributed by atoms with Crippen molar-refractivity contribution in [2.75, 3.05) is 10.6 Å². The zero-order valence-electron chi connectivity index (χ0n) is 24.6. The number of furan rings is 1. The highest BCUT2D eigenvalue weighted by Crippen LogP contribution is 2.37. The highest BCUT2D eigenvalue weighted by molar-refractivity contribution is 8.00. The van der Waals surface area contributed by atoms with Crippen molar-refractivity contribution in [2.24, 2.45) is 0 Å². The van der Waals surface area contributed by atoms with Crippen molar-refractivity contribution in [2.45, 2.75) is 10.1 Å². The summed E-state index contributed by atoms with van der Waals surface area (Å²) in [5, 5.41) is 10.2. The molecule has 7 nitrogen and oxygen atoms in total. The molecule has 0 aliphatic carbocycles. The fraction of sp³-hybridized carbons (Fsp3) is 0.0263. The van der Waals surface area contributed by atoms with E-state index in [1.807, 2.05) is 84.9 Å². The molecular weight excluding hydrogens is 595 g/mol. The topological polar surface area (TPSA) is 100 Å². The zero-order valence-corrected chi connectivity index (χ0v) is 25.4. The zero-order chi connectivity index (χ0) is 31.7. The molecule has 6 rings (SSSR count). The molecule has 226 valence electrons. The maximum atomic E-state index is 13.7. The van der Waals surface area contributed by atoms with Gasteiger partial charge in [-0.2, -0.15) is 0 Å². The van der Waals surface area contributed by atoms with Crippen LogP contribution in [-0.4, -0.2) is 17.7 Å². The first kappa shape index (κ1) is 30.2. The summed E-state index contributed by atoms with van der Waals surface area (Å²) < 4.78 is 5.39. The Morgan fingerprint density at radius 1 is 0.652 bits per heavy atom. The van der Waals surface area contributed by atoms with Gasteiger partial charge in [-0.1, -0.05) is 84.9 Å². The highest BCUT2D eigenvalue weighted by atomic mass is 32.2. The Labute approximate surface area is 270 Å². The van der Waals surface area contributed by atoms with Gasteiger partial charge in [0, 0.05) is 27.9 Å². The average Bonchev–Trinajstić information content (AvgIpc) is 3.61. The first-order valence-electron chi connectivity index (χ1n) is 14.6. The molecule has 0 bridgehead atoms. The summed E-state index contributed by atoms with van der Waals surface area (Å²) >= 11 is 1.37. The van der Waals surface area contributed by atoms with Crippen molar-refractivity contribution in [3.05, 3.63) is 168 Å². The van der Waals surface area contributed by atoms with Crippen LogP contribution in [-0.2, 0) is 9.59 Å². The average molecular weight is 624 g/mol. The fourth-order valence-electron chi connectivity index (χ4n) is 4.82. The van der Waals surface area contributed by atoms with E-state index in [0.717, 1.165) is 21.2 Å². The molecule has 1 atom stereocenters. The molecule has 3 amide bonds. The lowest BCUT2D eigenvalue weighted by Gasteiger charge is -2.18. The van der Waals surface area contributed by atoms with Crippen LogP contribution in [0.3, 0.4) is 0 Å². The molecule has 0 saturated heterocycles. The van der Waals surface area contributed by atoms with Crippen LogP contribution in [0.2, 0.25) is 0 Å². The maximum absolute atomic E-state index is 13.7. The van der Waals surface area contributed by atoms with Crippen LogP contribution in [0.4, 0.5) is 11.4 Å². The quantitative estimate of drug-likeness (QED) is 0.105. The van der Waals surface area contributed by atoms with Crippen LogP contribution >= 0.6 is 11.8 Å². The SMILES string of the molecule is O=C(Nc1cccc(SC(C(=O)Nc2ccc3ccccc3c2)c2ccccc2)c1)/C(=C/c1ccco1)NC(=O)c1ccccc1. The first-order valence-corrected chi connectivity index (χ1v) is 15.4. The minimum absolute atomic E-state index is 0.0128. The summed E-state index contributed by atoms with van der Waals surface area (Å²) in [5.74, 6) is -0.725. The molecule has 6 aromatic rings. The van der Waals surface area contributed by atoms with E-state index in [1.165, 1.54) is 24.1 Å². The van der Waals surface area contributed by atoms with Crippen molar-refractivity contribution >= 4 is 57.7 Å². The number of amides is 3. The number of rotatable bonds is 10. The van der Waals surface area contributed by atoms with Crippen molar-refractivity contribution in [3.8, 4) is 0 Å². The van der Waals surface area contributed by atoms with Crippen molar-refractivity contribution in [3.63, 3.8) is 0 Å². The lowest BCUT2D eigenvalue weighted by molar-refractivity contribution is -0.116. The van der Waals surface area contributed by atoms with E-state index in [4.69, 9.17) is 4.42 Å². The van der Waals surface area contributed by atoms with E-state index in [1.54, 1.807) is 54.6 Å². The van der Waals surface area contributed by atoms with E-state index >= 15 is 0 Å². The molecule has 0 fully saturated rings. The third-order valence-electron chi connectivity index (χ3n) is 7.06. The van der Waals surface area contributed by atoms with E-state index in [9.17, 15) is 14.4 Å². The lowest BCUT2D eigenvalue weighted by atomic mass is 10.1. The van der Waals surface area contributed by atoms with Crippen LogP contribution in [0.1, 0.15) is 26.9 Å². The van der Waals surface area contributed by atoms with E-state index in [2.05, 4.69) is 16.0 Å². The van der Waals surface area contributed by atoms with Gasteiger partial charge in [-0.25, -0.2) is 0 Å². The Bertz CT molecular complexity index is 2010. The molecule has 0 radical (unpaired) electrons. The molecule has 3 N–H and O–H groups in total. The van der Waals surface area contributed by atoms with Gasteiger partial charge in [0.2, 0.25) is 5.91 Å². The first-order chi connectivity index (χ1) is 22.5. The lowest BCUT2D eigenvalue weighted by Crippen LogP contribution is -2.30. The minimum atomic E-state index is -0.571. The predicted molar refractivity (Wildman–Crippen MR) is 183 cm³/mol.